The van der Waals surface area contributed by atoms with Crippen LogP contribution >= 0.6 is 0 Å². The van der Waals surface area contributed by atoms with Gasteiger partial charge in [0.05, 0.1) is 18.1 Å². The van der Waals surface area contributed by atoms with Crippen LogP contribution in [0.1, 0.15) is 35.3 Å². The number of rotatable bonds is 8. The Labute approximate surface area is 185 Å². The highest BCUT2D eigenvalue weighted by molar-refractivity contribution is 7.89. The quantitative estimate of drug-likeness (QED) is 0.675. The van der Waals surface area contributed by atoms with Gasteiger partial charge in [-0.2, -0.15) is 4.31 Å². The fraction of sp³-hybridized carbons (Fsp3) is 0.435. The number of sulfonamides is 1. The summed E-state index contributed by atoms with van der Waals surface area (Å²) < 4.78 is 32.4. The predicted octanol–water partition coefficient (Wildman–Crippen LogP) is 2.48. The molecule has 0 unspecified atom stereocenters. The van der Waals surface area contributed by atoms with Crippen molar-refractivity contribution in [3.05, 3.63) is 65.2 Å². The lowest BCUT2D eigenvalue weighted by molar-refractivity contribution is 0.0730. The van der Waals surface area contributed by atoms with E-state index >= 15 is 0 Å². The second kappa shape index (κ2) is 10.4. The van der Waals surface area contributed by atoms with E-state index in [1.807, 2.05) is 18.2 Å². The molecule has 1 aliphatic heterocycles. The Balaban J connectivity index is 1.70. The third kappa shape index (κ3) is 5.92. The van der Waals surface area contributed by atoms with Crippen LogP contribution in [0, 0.1) is 0 Å². The number of morpholine rings is 1. The number of hydrogen-bond acceptors (Lipinski definition) is 5. The zero-order valence-electron chi connectivity index (χ0n) is 18.4. The van der Waals surface area contributed by atoms with E-state index in [1.54, 1.807) is 12.1 Å². The Kier molecular flexibility index (Phi) is 7.83. The number of carbonyl (C=O) groups excluding carboxylic acids is 1. The highest BCUT2D eigenvalue weighted by atomic mass is 32.2. The molecule has 1 amide bonds. The summed E-state index contributed by atoms with van der Waals surface area (Å²) in [6.07, 6.45) is 0. The van der Waals surface area contributed by atoms with Crippen LogP contribution < -0.4 is 5.32 Å². The summed E-state index contributed by atoms with van der Waals surface area (Å²) in [4.78, 5) is 15.1. The molecule has 7 nitrogen and oxygen atoms in total. The van der Waals surface area contributed by atoms with E-state index in [2.05, 4.69) is 37.2 Å². The average molecular weight is 446 g/mol. The SMILES string of the molecule is CC(C)N(C)Cc1ccccc1CNC(=O)c1cccc(S(=O)(=O)N2CCOCC2)c1. The number of benzene rings is 2. The molecule has 1 aliphatic rings. The standard InChI is InChI=1S/C23H31N3O4S/c1-18(2)25(3)17-21-8-5-4-7-20(21)16-24-23(27)19-9-6-10-22(15-19)31(28,29)26-11-13-30-14-12-26/h4-10,15,18H,11-14,16-17H2,1-3H3,(H,24,27). The van der Waals surface area contributed by atoms with Crippen molar-refractivity contribution in [1.29, 1.82) is 0 Å². The van der Waals surface area contributed by atoms with Gasteiger partial charge in [-0.25, -0.2) is 8.42 Å². The second-order valence-electron chi connectivity index (χ2n) is 8.00. The summed E-state index contributed by atoms with van der Waals surface area (Å²) in [5.41, 5.74) is 2.52. The number of nitrogens with one attached hydrogen (secondary N) is 1. The van der Waals surface area contributed by atoms with E-state index in [1.165, 1.54) is 16.4 Å². The van der Waals surface area contributed by atoms with E-state index in [4.69, 9.17) is 4.74 Å². The van der Waals surface area contributed by atoms with Gasteiger partial charge in [0, 0.05) is 37.8 Å². The minimum atomic E-state index is -3.65. The van der Waals surface area contributed by atoms with Gasteiger partial charge < -0.3 is 10.1 Å². The normalized spacial score (nSPS) is 15.4. The minimum Gasteiger partial charge on any atom is -0.379 e. The van der Waals surface area contributed by atoms with E-state index < -0.39 is 10.0 Å². The van der Waals surface area contributed by atoms with Crippen LogP contribution in [-0.2, 0) is 27.8 Å². The first-order valence-electron chi connectivity index (χ1n) is 10.5. The molecule has 0 atom stereocenters. The monoisotopic (exact) mass is 445 g/mol. The zero-order valence-corrected chi connectivity index (χ0v) is 19.2. The summed E-state index contributed by atoms with van der Waals surface area (Å²) in [7, 11) is -1.58. The van der Waals surface area contributed by atoms with Crippen molar-refractivity contribution in [2.75, 3.05) is 33.4 Å². The third-order valence-corrected chi connectivity index (χ3v) is 7.46. The van der Waals surface area contributed by atoms with Crippen LogP contribution in [0.4, 0.5) is 0 Å². The van der Waals surface area contributed by atoms with E-state index in [9.17, 15) is 13.2 Å². The first-order chi connectivity index (χ1) is 14.8. The van der Waals surface area contributed by atoms with Crippen LogP contribution in [-0.4, -0.2) is 62.9 Å². The number of ether oxygens (including phenoxy) is 1. The summed E-state index contributed by atoms with van der Waals surface area (Å²) >= 11 is 0. The molecule has 0 aromatic heterocycles. The number of carbonyl (C=O) groups is 1. The summed E-state index contributed by atoms with van der Waals surface area (Å²) in [5, 5.41) is 2.93. The van der Waals surface area contributed by atoms with Gasteiger partial charge in [-0.15, -0.1) is 0 Å². The molecule has 0 bridgehead atoms. The topological polar surface area (TPSA) is 79.0 Å². The summed E-state index contributed by atoms with van der Waals surface area (Å²) in [5.74, 6) is -0.300. The van der Waals surface area contributed by atoms with Crippen LogP contribution in [0.25, 0.3) is 0 Å². The first-order valence-corrected chi connectivity index (χ1v) is 12.0. The highest BCUT2D eigenvalue weighted by Gasteiger charge is 2.26. The zero-order chi connectivity index (χ0) is 22.4. The van der Waals surface area contributed by atoms with Crippen molar-refractivity contribution in [1.82, 2.24) is 14.5 Å². The molecule has 0 spiro atoms. The molecule has 168 valence electrons. The van der Waals surface area contributed by atoms with Crippen molar-refractivity contribution in [3.8, 4) is 0 Å². The van der Waals surface area contributed by atoms with Crippen molar-refractivity contribution in [2.45, 2.75) is 37.9 Å². The molecule has 1 heterocycles. The van der Waals surface area contributed by atoms with Gasteiger partial charge in [0.2, 0.25) is 10.0 Å². The molecular formula is C23H31N3O4S. The maximum atomic E-state index is 12.9. The molecule has 2 aromatic carbocycles. The molecule has 0 radical (unpaired) electrons. The first kappa shape index (κ1) is 23.4. The minimum absolute atomic E-state index is 0.126. The molecule has 0 saturated carbocycles. The van der Waals surface area contributed by atoms with Gasteiger partial charge in [-0.1, -0.05) is 30.3 Å². The average Bonchev–Trinajstić information content (AvgIpc) is 2.78. The van der Waals surface area contributed by atoms with E-state index in [-0.39, 0.29) is 10.8 Å². The second-order valence-corrected chi connectivity index (χ2v) is 9.94. The Morgan fingerprint density at radius 2 is 1.77 bits per heavy atom. The molecule has 1 fully saturated rings. The summed E-state index contributed by atoms with van der Waals surface area (Å²) in [6, 6.07) is 14.6. The Morgan fingerprint density at radius 1 is 1.10 bits per heavy atom. The molecule has 31 heavy (non-hydrogen) atoms. The highest BCUT2D eigenvalue weighted by Crippen LogP contribution is 2.19. The van der Waals surface area contributed by atoms with Gasteiger partial charge in [-0.3, -0.25) is 9.69 Å². The van der Waals surface area contributed by atoms with Crippen LogP contribution in [0.15, 0.2) is 53.4 Å². The molecule has 0 aliphatic carbocycles. The van der Waals surface area contributed by atoms with Crippen LogP contribution in [0.5, 0.6) is 0 Å². The molecule has 1 N–H and O–H groups in total. The molecular weight excluding hydrogens is 414 g/mol. The van der Waals surface area contributed by atoms with Gasteiger partial charge in [0.15, 0.2) is 0 Å². The van der Waals surface area contributed by atoms with Gasteiger partial charge in [0.25, 0.3) is 5.91 Å². The van der Waals surface area contributed by atoms with Gasteiger partial charge in [-0.05, 0) is 50.2 Å². The Morgan fingerprint density at radius 3 is 2.45 bits per heavy atom. The molecule has 3 rings (SSSR count). The van der Waals surface area contributed by atoms with E-state index in [0.29, 0.717) is 44.5 Å². The number of hydrogen-bond donors (Lipinski definition) is 1. The van der Waals surface area contributed by atoms with Crippen molar-refractivity contribution < 1.29 is 17.9 Å². The fourth-order valence-electron chi connectivity index (χ4n) is 3.35. The molecule has 2 aromatic rings. The van der Waals surface area contributed by atoms with Crippen LogP contribution in [0.3, 0.4) is 0 Å². The number of nitrogens with zero attached hydrogens (tertiary/aromatic N) is 2. The third-order valence-electron chi connectivity index (χ3n) is 5.56. The van der Waals surface area contributed by atoms with E-state index in [0.717, 1.165) is 17.7 Å². The van der Waals surface area contributed by atoms with Crippen molar-refractivity contribution >= 4 is 15.9 Å². The molecule has 1 saturated heterocycles. The lowest BCUT2D eigenvalue weighted by atomic mass is 10.1. The smallest absolute Gasteiger partial charge is 0.251 e. The predicted molar refractivity (Wildman–Crippen MR) is 120 cm³/mol. The lowest BCUT2D eigenvalue weighted by Gasteiger charge is -2.26. The van der Waals surface area contributed by atoms with Crippen molar-refractivity contribution in [2.24, 2.45) is 0 Å². The maximum Gasteiger partial charge on any atom is 0.251 e. The molecule has 8 heteroatoms. The lowest BCUT2D eigenvalue weighted by Crippen LogP contribution is -2.40. The fourth-order valence-corrected chi connectivity index (χ4v) is 4.80. The van der Waals surface area contributed by atoms with Crippen LogP contribution in [0.2, 0.25) is 0 Å². The Bertz CT molecular complexity index is 1000. The van der Waals surface area contributed by atoms with Gasteiger partial charge in [0.1, 0.15) is 0 Å². The van der Waals surface area contributed by atoms with Gasteiger partial charge >= 0.3 is 0 Å². The Hall–Kier alpha value is -2.26. The maximum absolute atomic E-state index is 12.9. The summed E-state index contributed by atoms with van der Waals surface area (Å²) in [6.45, 7) is 6.85. The number of amides is 1. The largest absolute Gasteiger partial charge is 0.379 e. The van der Waals surface area contributed by atoms with Crippen molar-refractivity contribution in [3.63, 3.8) is 0 Å².